The summed E-state index contributed by atoms with van der Waals surface area (Å²) in [5, 5.41) is 6.71. The van der Waals surface area contributed by atoms with Crippen LogP contribution in [0, 0.1) is 17.8 Å². The Morgan fingerprint density at radius 1 is 1.30 bits per heavy atom. The summed E-state index contributed by atoms with van der Waals surface area (Å²) in [6.07, 6.45) is 4.28. The molecular formula is C19H27ClN2O. The minimum absolute atomic E-state index is 0. The van der Waals surface area contributed by atoms with Gasteiger partial charge in [-0.1, -0.05) is 31.2 Å². The third-order valence-electron chi connectivity index (χ3n) is 6.06. The van der Waals surface area contributed by atoms with Crippen molar-refractivity contribution in [1.29, 1.82) is 0 Å². The van der Waals surface area contributed by atoms with E-state index in [-0.39, 0.29) is 18.3 Å². The predicted octanol–water partition coefficient (Wildman–Crippen LogP) is 2.89. The van der Waals surface area contributed by atoms with E-state index in [9.17, 15) is 4.79 Å². The topological polar surface area (TPSA) is 41.1 Å². The van der Waals surface area contributed by atoms with Gasteiger partial charge >= 0.3 is 0 Å². The van der Waals surface area contributed by atoms with Gasteiger partial charge in [0.1, 0.15) is 0 Å². The molecule has 0 spiro atoms. The zero-order chi connectivity index (χ0) is 15.1. The third-order valence-corrected chi connectivity index (χ3v) is 6.06. The average molecular weight is 335 g/mol. The summed E-state index contributed by atoms with van der Waals surface area (Å²) < 4.78 is 0. The van der Waals surface area contributed by atoms with Crippen LogP contribution in [0.4, 0.5) is 0 Å². The monoisotopic (exact) mass is 334 g/mol. The molecule has 126 valence electrons. The second kappa shape index (κ2) is 6.82. The van der Waals surface area contributed by atoms with Gasteiger partial charge in [-0.05, 0) is 61.2 Å². The molecule has 1 saturated heterocycles. The maximum atomic E-state index is 12.4. The quantitative estimate of drug-likeness (QED) is 0.889. The van der Waals surface area contributed by atoms with E-state index in [1.807, 2.05) is 0 Å². The lowest BCUT2D eigenvalue weighted by atomic mass is 9.84. The van der Waals surface area contributed by atoms with Crippen LogP contribution < -0.4 is 10.6 Å². The molecule has 1 aromatic rings. The van der Waals surface area contributed by atoms with E-state index in [0.717, 1.165) is 19.5 Å². The first-order chi connectivity index (χ1) is 10.7. The molecule has 1 aromatic carbocycles. The van der Waals surface area contributed by atoms with E-state index >= 15 is 0 Å². The first-order valence-electron chi connectivity index (χ1n) is 8.82. The Hall–Kier alpha value is -1.06. The number of rotatable bonds is 4. The van der Waals surface area contributed by atoms with Crippen molar-refractivity contribution < 1.29 is 4.79 Å². The van der Waals surface area contributed by atoms with Crippen LogP contribution in [0.15, 0.2) is 24.3 Å². The Bertz CT molecular complexity index is 570. The second-order valence-corrected chi connectivity index (χ2v) is 7.45. The fourth-order valence-electron chi connectivity index (χ4n) is 4.67. The lowest BCUT2D eigenvalue weighted by Crippen LogP contribution is -2.34. The molecule has 2 fully saturated rings. The molecule has 4 atom stereocenters. The van der Waals surface area contributed by atoms with E-state index in [4.69, 9.17) is 0 Å². The molecule has 1 saturated carbocycles. The highest BCUT2D eigenvalue weighted by molar-refractivity contribution is 5.85. The summed E-state index contributed by atoms with van der Waals surface area (Å²) in [4.78, 5) is 12.4. The smallest absolute Gasteiger partial charge is 0.220 e. The van der Waals surface area contributed by atoms with Crippen molar-refractivity contribution >= 4 is 18.3 Å². The zero-order valence-corrected chi connectivity index (χ0v) is 14.6. The zero-order valence-electron chi connectivity index (χ0n) is 13.8. The first-order valence-corrected chi connectivity index (χ1v) is 8.82. The molecule has 4 unspecified atom stereocenters. The predicted molar refractivity (Wildman–Crippen MR) is 94.9 cm³/mol. The largest absolute Gasteiger partial charge is 0.352 e. The molecule has 4 heteroatoms. The van der Waals surface area contributed by atoms with E-state index in [0.29, 0.717) is 36.1 Å². The number of carbonyl (C=O) groups is 1. The summed E-state index contributed by atoms with van der Waals surface area (Å²) in [6.45, 7) is 4.47. The highest BCUT2D eigenvalue weighted by atomic mass is 35.5. The molecule has 3 nitrogen and oxygen atoms in total. The number of hydrogen-bond acceptors (Lipinski definition) is 2. The van der Waals surface area contributed by atoms with Crippen molar-refractivity contribution in [3.05, 3.63) is 35.4 Å². The van der Waals surface area contributed by atoms with Crippen LogP contribution in [0.1, 0.15) is 43.2 Å². The van der Waals surface area contributed by atoms with Crippen molar-refractivity contribution in [2.45, 2.75) is 44.6 Å². The van der Waals surface area contributed by atoms with Crippen molar-refractivity contribution in [3.63, 3.8) is 0 Å². The van der Waals surface area contributed by atoms with Crippen LogP contribution in [-0.4, -0.2) is 25.0 Å². The van der Waals surface area contributed by atoms with E-state index in [1.165, 1.54) is 24.0 Å². The number of benzene rings is 1. The van der Waals surface area contributed by atoms with Gasteiger partial charge in [0, 0.05) is 18.4 Å². The molecule has 2 N–H and O–H groups in total. The van der Waals surface area contributed by atoms with Gasteiger partial charge in [0.25, 0.3) is 0 Å². The van der Waals surface area contributed by atoms with Crippen molar-refractivity contribution in [2.24, 2.45) is 17.8 Å². The summed E-state index contributed by atoms with van der Waals surface area (Å²) in [7, 11) is 0. The summed E-state index contributed by atoms with van der Waals surface area (Å²) in [6, 6.07) is 9.13. The summed E-state index contributed by atoms with van der Waals surface area (Å²) in [5.41, 5.74) is 2.97. The molecule has 1 aliphatic heterocycles. The van der Waals surface area contributed by atoms with Gasteiger partial charge in [-0.2, -0.15) is 0 Å². The summed E-state index contributed by atoms with van der Waals surface area (Å²) in [5.74, 6) is 2.74. The number of halogens is 1. The third kappa shape index (κ3) is 3.27. The van der Waals surface area contributed by atoms with Crippen molar-refractivity contribution in [3.8, 4) is 0 Å². The van der Waals surface area contributed by atoms with Crippen LogP contribution >= 0.6 is 12.4 Å². The molecule has 1 heterocycles. The van der Waals surface area contributed by atoms with Gasteiger partial charge in [0.2, 0.25) is 5.91 Å². The number of piperidine rings is 1. The average Bonchev–Trinajstić information content (AvgIpc) is 3.05. The van der Waals surface area contributed by atoms with Gasteiger partial charge in [-0.3, -0.25) is 4.79 Å². The van der Waals surface area contributed by atoms with Gasteiger partial charge in [0.05, 0.1) is 0 Å². The molecule has 0 radical (unpaired) electrons. The Morgan fingerprint density at radius 3 is 2.83 bits per heavy atom. The molecule has 2 aliphatic carbocycles. The minimum Gasteiger partial charge on any atom is -0.352 e. The van der Waals surface area contributed by atoms with E-state index in [1.54, 1.807) is 0 Å². The van der Waals surface area contributed by atoms with Crippen LogP contribution in [0.3, 0.4) is 0 Å². The first kappa shape index (κ1) is 16.8. The van der Waals surface area contributed by atoms with E-state index in [2.05, 4.69) is 41.8 Å². The Kier molecular flexibility index (Phi) is 4.98. The molecule has 0 aromatic heterocycles. The van der Waals surface area contributed by atoms with E-state index < -0.39 is 0 Å². The van der Waals surface area contributed by atoms with Crippen LogP contribution in [0.25, 0.3) is 0 Å². The minimum atomic E-state index is 0. The Labute approximate surface area is 145 Å². The second-order valence-electron chi connectivity index (χ2n) is 7.45. The van der Waals surface area contributed by atoms with Crippen LogP contribution in [-0.2, 0) is 11.2 Å². The maximum Gasteiger partial charge on any atom is 0.220 e. The lowest BCUT2D eigenvalue weighted by Gasteiger charge is -2.28. The Morgan fingerprint density at radius 2 is 2.04 bits per heavy atom. The number of carbonyl (C=O) groups excluding carboxylic acids is 1. The van der Waals surface area contributed by atoms with Gasteiger partial charge in [-0.25, -0.2) is 0 Å². The molecular weight excluding hydrogens is 308 g/mol. The van der Waals surface area contributed by atoms with Crippen molar-refractivity contribution in [1.82, 2.24) is 10.6 Å². The van der Waals surface area contributed by atoms with Gasteiger partial charge in [0.15, 0.2) is 0 Å². The molecule has 23 heavy (non-hydrogen) atoms. The van der Waals surface area contributed by atoms with Gasteiger partial charge in [-0.15, -0.1) is 12.4 Å². The lowest BCUT2D eigenvalue weighted by molar-refractivity contribution is -0.122. The highest BCUT2D eigenvalue weighted by Crippen LogP contribution is 2.56. The SMILES string of the molecule is CC(CC(=O)NC1C2Cc3ccccc3C21)C1CCNCC1.Cl. The van der Waals surface area contributed by atoms with Crippen LogP contribution in [0.5, 0.6) is 0 Å². The number of fused-ring (bicyclic) bond motifs is 3. The number of nitrogens with one attached hydrogen (secondary N) is 2. The normalized spacial score (nSPS) is 29.9. The van der Waals surface area contributed by atoms with Gasteiger partial charge < -0.3 is 10.6 Å². The summed E-state index contributed by atoms with van der Waals surface area (Å²) >= 11 is 0. The molecule has 1 amide bonds. The molecule has 0 bridgehead atoms. The van der Waals surface area contributed by atoms with Crippen LogP contribution in [0.2, 0.25) is 0 Å². The highest BCUT2D eigenvalue weighted by Gasteiger charge is 2.56. The fourth-order valence-corrected chi connectivity index (χ4v) is 4.67. The molecule has 3 aliphatic rings. The number of hydrogen-bond donors (Lipinski definition) is 2. The standard InChI is InChI=1S/C19H26N2O.ClH/c1-12(13-6-8-20-9-7-13)10-17(22)21-19-16-11-14-4-2-3-5-15(14)18(16)19;/h2-5,12-13,16,18-20H,6-11H2,1H3,(H,21,22);1H. The van der Waals surface area contributed by atoms with Crippen molar-refractivity contribution in [2.75, 3.05) is 13.1 Å². The number of amides is 1. The maximum absolute atomic E-state index is 12.4. The Balaban J connectivity index is 0.00000156. The fraction of sp³-hybridized carbons (Fsp3) is 0.632. The molecule has 4 rings (SSSR count).